The third-order valence-corrected chi connectivity index (χ3v) is 10.2. The maximum atomic E-state index is 13.6. The number of aliphatic hydroxyl groups excluding tert-OH is 1. The second kappa shape index (κ2) is 10.5. The van der Waals surface area contributed by atoms with Crippen molar-refractivity contribution < 1.29 is 36.6 Å². The Morgan fingerprint density at radius 3 is 2.30 bits per heavy atom. The van der Waals surface area contributed by atoms with Gasteiger partial charge in [0.25, 0.3) is 5.91 Å². The lowest BCUT2D eigenvalue weighted by atomic mass is 9.74. The number of anilines is 1. The van der Waals surface area contributed by atoms with E-state index < -0.39 is 44.0 Å². The molecular formula is C25H28ClF3N2O5S. The Bertz CT molecular complexity index is 1270. The molecule has 2 aromatic carbocycles. The fourth-order valence-electron chi connectivity index (χ4n) is 5.43. The summed E-state index contributed by atoms with van der Waals surface area (Å²) in [5.41, 5.74) is -1.54. The molecule has 0 radical (unpaired) electrons. The van der Waals surface area contributed by atoms with E-state index in [0.29, 0.717) is 25.0 Å². The molecule has 4 N–H and O–H groups in total. The van der Waals surface area contributed by atoms with Crippen LogP contribution >= 0.6 is 11.6 Å². The third-order valence-electron chi connectivity index (χ3n) is 7.56. The predicted octanol–water partition coefficient (Wildman–Crippen LogP) is 3.67. The highest BCUT2D eigenvalue weighted by Crippen LogP contribution is 2.52. The van der Waals surface area contributed by atoms with Crippen molar-refractivity contribution in [3.8, 4) is 0 Å². The van der Waals surface area contributed by atoms with Crippen molar-refractivity contribution in [3.63, 3.8) is 0 Å². The Morgan fingerprint density at radius 2 is 1.73 bits per heavy atom. The summed E-state index contributed by atoms with van der Waals surface area (Å²) in [5, 5.41) is 25.0. The van der Waals surface area contributed by atoms with Gasteiger partial charge in [0, 0.05) is 36.0 Å². The minimum absolute atomic E-state index is 0.0814. The SMILES string of the molecule is CC(CO)NCC1(O)C2CCC1CC(S(=O)(=O)c1cc(C(=O)Nc3cc(F)c(F)c(F)c3)ccc1Cl)C2. The molecular weight excluding hydrogens is 533 g/mol. The molecule has 7 nitrogen and oxygen atoms in total. The highest BCUT2D eigenvalue weighted by Gasteiger charge is 2.55. The van der Waals surface area contributed by atoms with Crippen LogP contribution in [0.5, 0.6) is 0 Å². The Kier molecular flexibility index (Phi) is 7.92. The van der Waals surface area contributed by atoms with E-state index in [0.717, 1.165) is 6.07 Å². The summed E-state index contributed by atoms with van der Waals surface area (Å²) in [5.74, 6) is -6.04. The molecule has 0 aromatic heterocycles. The number of rotatable bonds is 8. The fraction of sp³-hybridized carbons (Fsp3) is 0.480. The molecule has 2 saturated carbocycles. The van der Waals surface area contributed by atoms with Gasteiger partial charge >= 0.3 is 0 Å². The lowest BCUT2D eigenvalue weighted by Crippen LogP contribution is -2.55. The minimum Gasteiger partial charge on any atom is -0.395 e. The van der Waals surface area contributed by atoms with Crippen LogP contribution in [0.2, 0.25) is 5.02 Å². The first-order chi connectivity index (χ1) is 17.4. The standard InChI is InChI=1S/C25H28ClF3N2O5S/c1-13(11-32)30-12-25(34)15-3-4-16(25)8-18(7-15)37(35,36)22-6-14(2-5-19(22)26)24(33)31-17-9-20(27)23(29)21(28)10-17/h2,5-6,9-10,13,15-16,18,30,32,34H,3-4,7-8,11-12H2,1H3,(H,31,33). The summed E-state index contributed by atoms with van der Waals surface area (Å²) in [6.45, 7) is 1.95. The molecule has 1 amide bonds. The van der Waals surface area contributed by atoms with E-state index in [4.69, 9.17) is 11.6 Å². The Hall–Kier alpha value is -2.18. The van der Waals surface area contributed by atoms with Gasteiger partial charge in [0.2, 0.25) is 0 Å². The lowest BCUT2D eigenvalue weighted by Gasteiger charge is -2.43. The van der Waals surface area contributed by atoms with Crippen LogP contribution in [0.3, 0.4) is 0 Å². The maximum absolute atomic E-state index is 13.6. The van der Waals surface area contributed by atoms with Crippen molar-refractivity contribution in [2.75, 3.05) is 18.5 Å². The largest absolute Gasteiger partial charge is 0.395 e. The lowest BCUT2D eigenvalue weighted by molar-refractivity contribution is -0.0584. The van der Waals surface area contributed by atoms with Crippen LogP contribution in [0.1, 0.15) is 43.0 Å². The van der Waals surface area contributed by atoms with Crippen LogP contribution in [0.15, 0.2) is 35.2 Å². The first kappa shape index (κ1) is 27.8. The molecule has 3 unspecified atom stereocenters. The third kappa shape index (κ3) is 5.37. The summed E-state index contributed by atoms with van der Waals surface area (Å²) < 4.78 is 67.5. The van der Waals surface area contributed by atoms with E-state index in [-0.39, 0.29) is 65.0 Å². The number of fused-ring (bicyclic) bond motifs is 2. The topological polar surface area (TPSA) is 116 Å². The first-order valence-corrected chi connectivity index (χ1v) is 13.8. The summed E-state index contributed by atoms with van der Waals surface area (Å²) in [6.07, 6.45) is 1.77. The summed E-state index contributed by atoms with van der Waals surface area (Å²) >= 11 is 6.23. The molecule has 37 heavy (non-hydrogen) atoms. The monoisotopic (exact) mass is 560 g/mol. The van der Waals surface area contributed by atoms with Gasteiger partial charge in [-0.15, -0.1) is 0 Å². The quantitative estimate of drug-likeness (QED) is 0.366. The van der Waals surface area contributed by atoms with Crippen LogP contribution in [-0.2, 0) is 9.84 Å². The van der Waals surface area contributed by atoms with Crippen molar-refractivity contribution >= 4 is 33.0 Å². The molecule has 0 aliphatic heterocycles. The van der Waals surface area contributed by atoms with Gasteiger partial charge in [-0.2, -0.15) is 0 Å². The van der Waals surface area contributed by atoms with Gasteiger partial charge in [-0.25, -0.2) is 21.6 Å². The number of hydrogen-bond acceptors (Lipinski definition) is 6. The number of carbonyl (C=O) groups excluding carboxylic acids is 1. The van der Waals surface area contributed by atoms with Crippen molar-refractivity contribution in [3.05, 3.63) is 58.4 Å². The van der Waals surface area contributed by atoms with Gasteiger partial charge in [-0.05, 0) is 62.6 Å². The van der Waals surface area contributed by atoms with Crippen LogP contribution in [0.25, 0.3) is 0 Å². The minimum atomic E-state index is -4.01. The molecule has 2 aromatic rings. The van der Waals surface area contributed by atoms with Crippen molar-refractivity contribution in [1.29, 1.82) is 0 Å². The van der Waals surface area contributed by atoms with E-state index >= 15 is 0 Å². The van der Waals surface area contributed by atoms with Crippen LogP contribution in [0.4, 0.5) is 18.9 Å². The van der Waals surface area contributed by atoms with Crippen molar-refractivity contribution in [2.24, 2.45) is 11.8 Å². The fourth-order valence-corrected chi connectivity index (χ4v) is 7.83. The molecule has 202 valence electrons. The van der Waals surface area contributed by atoms with Gasteiger partial charge in [0.15, 0.2) is 27.3 Å². The molecule has 2 aliphatic rings. The van der Waals surface area contributed by atoms with Crippen molar-refractivity contribution in [1.82, 2.24) is 5.32 Å². The average molecular weight is 561 g/mol. The number of carbonyl (C=O) groups is 1. The summed E-state index contributed by atoms with van der Waals surface area (Å²) in [7, 11) is -4.01. The van der Waals surface area contributed by atoms with Gasteiger partial charge in [0.1, 0.15) is 0 Å². The average Bonchev–Trinajstić information content (AvgIpc) is 3.01. The number of aliphatic hydroxyl groups is 2. The summed E-state index contributed by atoms with van der Waals surface area (Å²) in [4.78, 5) is 12.4. The molecule has 0 heterocycles. The van der Waals surface area contributed by atoms with E-state index in [1.807, 2.05) is 0 Å². The molecule has 12 heteroatoms. The van der Waals surface area contributed by atoms with Crippen LogP contribution < -0.4 is 10.6 Å². The van der Waals surface area contributed by atoms with Gasteiger partial charge in [-0.1, -0.05) is 11.6 Å². The number of hydrogen-bond donors (Lipinski definition) is 4. The Labute approximate surface area is 217 Å². The van der Waals surface area contributed by atoms with Crippen LogP contribution in [0, 0.1) is 29.3 Å². The van der Waals surface area contributed by atoms with Crippen molar-refractivity contribution in [2.45, 2.75) is 54.4 Å². The van der Waals surface area contributed by atoms with Gasteiger partial charge < -0.3 is 20.8 Å². The molecule has 2 bridgehead atoms. The number of halogens is 4. The normalized spacial score (nSPS) is 26.2. The van der Waals surface area contributed by atoms with Gasteiger partial charge in [0.05, 0.1) is 27.4 Å². The second-order valence-electron chi connectivity index (χ2n) is 9.92. The smallest absolute Gasteiger partial charge is 0.255 e. The second-order valence-corrected chi connectivity index (χ2v) is 12.5. The molecule has 3 atom stereocenters. The summed E-state index contributed by atoms with van der Waals surface area (Å²) in [6, 6.07) is 4.64. The Balaban J connectivity index is 1.54. The molecule has 2 fully saturated rings. The maximum Gasteiger partial charge on any atom is 0.255 e. The predicted molar refractivity (Wildman–Crippen MR) is 132 cm³/mol. The number of amides is 1. The number of benzene rings is 2. The molecule has 4 rings (SSSR count). The highest BCUT2D eigenvalue weighted by molar-refractivity contribution is 7.92. The van der Waals surface area contributed by atoms with Crippen LogP contribution in [-0.4, -0.2) is 54.6 Å². The zero-order chi connectivity index (χ0) is 27.1. The highest BCUT2D eigenvalue weighted by atomic mass is 35.5. The van der Waals surface area contributed by atoms with E-state index in [9.17, 15) is 36.6 Å². The number of nitrogens with one attached hydrogen (secondary N) is 2. The zero-order valence-corrected chi connectivity index (χ0v) is 21.6. The first-order valence-electron chi connectivity index (χ1n) is 11.9. The van der Waals surface area contributed by atoms with E-state index in [1.165, 1.54) is 12.1 Å². The number of sulfone groups is 1. The molecule has 0 saturated heterocycles. The van der Waals surface area contributed by atoms with Gasteiger partial charge in [-0.3, -0.25) is 4.79 Å². The Morgan fingerprint density at radius 1 is 1.14 bits per heavy atom. The zero-order valence-electron chi connectivity index (χ0n) is 20.0. The molecule has 2 aliphatic carbocycles. The van der Waals surface area contributed by atoms with E-state index in [1.54, 1.807) is 6.92 Å². The molecule has 0 spiro atoms. The van der Waals surface area contributed by atoms with E-state index in [2.05, 4.69) is 10.6 Å².